The number of aromatic nitrogens is 2. The van der Waals surface area contributed by atoms with Gasteiger partial charge in [-0.15, -0.1) is 0 Å². The highest BCUT2D eigenvalue weighted by atomic mass is 19.1. The molecule has 0 unspecified atom stereocenters. The number of hydrogen-bond acceptors (Lipinski definition) is 2. The molecule has 0 aliphatic carbocycles. The number of benzene rings is 1. The number of aryl methyl sites for hydroxylation is 2. The van der Waals surface area contributed by atoms with Crippen LogP contribution in [0.2, 0.25) is 0 Å². The van der Waals surface area contributed by atoms with Crippen LogP contribution in [0.5, 0.6) is 0 Å². The third-order valence-electron chi connectivity index (χ3n) is 3.27. The van der Waals surface area contributed by atoms with Gasteiger partial charge in [0.2, 0.25) is 0 Å². The summed E-state index contributed by atoms with van der Waals surface area (Å²) in [6, 6.07) is 6.54. The predicted octanol–water partition coefficient (Wildman–Crippen LogP) is 1.86. The van der Waals surface area contributed by atoms with Gasteiger partial charge >= 0.3 is 0 Å². The molecular formula is C16H22FN5. The van der Waals surface area contributed by atoms with Crippen LogP contribution in [0.4, 0.5) is 4.39 Å². The van der Waals surface area contributed by atoms with Crippen molar-refractivity contribution in [1.29, 1.82) is 0 Å². The van der Waals surface area contributed by atoms with Gasteiger partial charge in [-0.25, -0.2) is 4.39 Å². The van der Waals surface area contributed by atoms with Crippen molar-refractivity contribution in [2.24, 2.45) is 12.0 Å². The van der Waals surface area contributed by atoms with Crippen molar-refractivity contribution >= 4 is 5.96 Å². The fourth-order valence-corrected chi connectivity index (χ4v) is 2.15. The van der Waals surface area contributed by atoms with Gasteiger partial charge in [0, 0.05) is 33.4 Å². The highest BCUT2D eigenvalue weighted by Crippen LogP contribution is 2.03. The number of guanidine groups is 1. The van der Waals surface area contributed by atoms with Gasteiger partial charge in [-0.2, -0.15) is 5.10 Å². The zero-order valence-corrected chi connectivity index (χ0v) is 13.0. The van der Waals surface area contributed by atoms with Gasteiger partial charge in [0.25, 0.3) is 0 Å². The summed E-state index contributed by atoms with van der Waals surface area (Å²) in [5.41, 5.74) is 2.12. The molecule has 2 N–H and O–H groups in total. The molecule has 22 heavy (non-hydrogen) atoms. The Morgan fingerprint density at radius 3 is 2.86 bits per heavy atom. The maximum atomic E-state index is 13.1. The van der Waals surface area contributed by atoms with E-state index >= 15 is 0 Å². The van der Waals surface area contributed by atoms with Crippen LogP contribution in [-0.2, 0) is 20.0 Å². The summed E-state index contributed by atoms with van der Waals surface area (Å²) in [5, 5.41) is 10.6. The lowest BCUT2D eigenvalue weighted by molar-refractivity contribution is 0.624. The second-order valence-electron chi connectivity index (χ2n) is 5.11. The van der Waals surface area contributed by atoms with E-state index in [4.69, 9.17) is 0 Å². The van der Waals surface area contributed by atoms with Crippen LogP contribution in [0, 0.1) is 5.82 Å². The van der Waals surface area contributed by atoms with E-state index in [-0.39, 0.29) is 5.82 Å². The fourth-order valence-electron chi connectivity index (χ4n) is 2.15. The zero-order chi connectivity index (χ0) is 15.8. The summed E-state index contributed by atoms with van der Waals surface area (Å²) in [5.74, 6) is 0.495. The maximum absolute atomic E-state index is 13.1. The van der Waals surface area contributed by atoms with Gasteiger partial charge in [0.1, 0.15) is 5.82 Å². The monoisotopic (exact) mass is 303 g/mol. The Morgan fingerprint density at radius 1 is 1.32 bits per heavy atom. The van der Waals surface area contributed by atoms with E-state index in [0.29, 0.717) is 6.54 Å². The molecular weight excluding hydrogens is 281 g/mol. The van der Waals surface area contributed by atoms with E-state index in [1.807, 2.05) is 30.2 Å². The molecule has 118 valence electrons. The third-order valence-corrected chi connectivity index (χ3v) is 3.27. The average Bonchev–Trinajstić information content (AvgIpc) is 2.92. The van der Waals surface area contributed by atoms with Gasteiger partial charge in [-0.05, 0) is 36.1 Å². The van der Waals surface area contributed by atoms with Crippen LogP contribution in [-0.4, -0.2) is 29.3 Å². The number of aliphatic imine (C=N–C) groups is 1. The molecule has 0 spiro atoms. The predicted molar refractivity (Wildman–Crippen MR) is 86.1 cm³/mol. The lowest BCUT2D eigenvalue weighted by atomic mass is 10.2. The molecule has 0 bridgehead atoms. The van der Waals surface area contributed by atoms with Crippen molar-refractivity contribution in [3.63, 3.8) is 0 Å². The summed E-state index contributed by atoms with van der Waals surface area (Å²) >= 11 is 0. The first-order valence-corrected chi connectivity index (χ1v) is 7.34. The van der Waals surface area contributed by atoms with E-state index in [1.165, 1.54) is 17.7 Å². The summed E-state index contributed by atoms with van der Waals surface area (Å²) in [7, 11) is 3.64. The van der Waals surface area contributed by atoms with E-state index in [1.54, 1.807) is 13.1 Å². The lowest BCUT2D eigenvalue weighted by Crippen LogP contribution is -2.37. The smallest absolute Gasteiger partial charge is 0.191 e. The summed E-state index contributed by atoms with van der Waals surface area (Å²) < 4.78 is 14.9. The fraction of sp³-hybridized carbons (Fsp3) is 0.375. The number of rotatable bonds is 6. The minimum atomic E-state index is -0.223. The van der Waals surface area contributed by atoms with E-state index in [2.05, 4.69) is 20.7 Å². The Kier molecular flexibility index (Phi) is 5.94. The molecule has 1 heterocycles. The molecule has 0 fully saturated rings. The Balaban J connectivity index is 1.69. The van der Waals surface area contributed by atoms with Gasteiger partial charge in [-0.1, -0.05) is 12.1 Å². The normalized spacial score (nSPS) is 11.5. The molecule has 5 nitrogen and oxygen atoms in total. The molecule has 1 aromatic carbocycles. The highest BCUT2D eigenvalue weighted by molar-refractivity contribution is 5.79. The van der Waals surface area contributed by atoms with E-state index in [9.17, 15) is 4.39 Å². The summed E-state index contributed by atoms with van der Waals surface area (Å²) in [6.07, 6.45) is 5.88. The Bertz CT molecular complexity index is 621. The maximum Gasteiger partial charge on any atom is 0.191 e. The van der Waals surface area contributed by atoms with Crippen molar-refractivity contribution in [2.45, 2.75) is 19.4 Å². The van der Waals surface area contributed by atoms with Crippen molar-refractivity contribution in [1.82, 2.24) is 20.4 Å². The Labute approximate surface area is 130 Å². The second-order valence-corrected chi connectivity index (χ2v) is 5.11. The van der Waals surface area contributed by atoms with Crippen molar-refractivity contribution in [3.8, 4) is 0 Å². The first kappa shape index (κ1) is 16.0. The van der Waals surface area contributed by atoms with Gasteiger partial charge in [-0.3, -0.25) is 9.67 Å². The van der Waals surface area contributed by atoms with Gasteiger partial charge < -0.3 is 10.6 Å². The molecule has 0 aliphatic rings. The average molecular weight is 303 g/mol. The molecule has 6 heteroatoms. The van der Waals surface area contributed by atoms with Crippen LogP contribution in [0.3, 0.4) is 0 Å². The Hall–Kier alpha value is -2.37. The second kappa shape index (κ2) is 8.17. The third kappa shape index (κ3) is 5.20. The molecule has 0 saturated carbocycles. The summed E-state index contributed by atoms with van der Waals surface area (Å²) in [6.45, 7) is 1.36. The van der Waals surface area contributed by atoms with Crippen molar-refractivity contribution in [2.75, 3.05) is 13.6 Å². The summed E-state index contributed by atoms with van der Waals surface area (Å²) in [4.78, 5) is 4.16. The molecule has 2 rings (SSSR count). The van der Waals surface area contributed by atoms with Gasteiger partial charge in [0.15, 0.2) is 5.96 Å². The molecule has 2 aromatic rings. The molecule has 1 aromatic heterocycles. The van der Waals surface area contributed by atoms with Crippen molar-refractivity contribution in [3.05, 3.63) is 53.6 Å². The van der Waals surface area contributed by atoms with Gasteiger partial charge in [0.05, 0.1) is 6.20 Å². The van der Waals surface area contributed by atoms with Crippen LogP contribution >= 0.6 is 0 Å². The number of nitrogens with zero attached hydrogens (tertiary/aromatic N) is 3. The molecule has 0 atom stereocenters. The molecule has 0 radical (unpaired) electrons. The molecule has 0 aliphatic heterocycles. The Morgan fingerprint density at radius 2 is 2.18 bits per heavy atom. The van der Waals surface area contributed by atoms with E-state index in [0.717, 1.165) is 30.9 Å². The minimum Gasteiger partial charge on any atom is -0.356 e. The molecule has 0 amide bonds. The molecule has 0 saturated heterocycles. The first-order valence-electron chi connectivity index (χ1n) is 7.34. The number of hydrogen-bond donors (Lipinski definition) is 2. The topological polar surface area (TPSA) is 54.2 Å². The SMILES string of the molecule is CN=C(NCCCc1cnn(C)c1)NCc1cccc(F)c1. The zero-order valence-electron chi connectivity index (χ0n) is 13.0. The van der Waals surface area contributed by atoms with Crippen LogP contribution in [0.15, 0.2) is 41.7 Å². The number of halogens is 1. The van der Waals surface area contributed by atoms with Crippen LogP contribution in [0.1, 0.15) is 17.5 Å². The first-order chi connectivity index (χ1) is 10.7. The number of nitrogens with one attached hydrogen (secondary N) is 2. The van der Waals surface area contributed by atoms with Crippen molar-refractivity contribution < 1.29 is 4.39 Å². The lowest BCUT2D eigenvalue weighted by Gasteiger charge is -2.11. The van der Waals surface area contributed by atoms with Crippen LogP contribution < -0.4 is 10.6 Å². The van der Waals surface area contributed by atoms with E-state index < -0.39 is 0 Å². The quantitative estimate of drug-likeness (QED) is 0.486. The largest absolute Gasteiger partial charge is 0.356 e. The van der Waals surface area contributed by atoms with Crippen LogP contribution in [0.25, 0.3) is 0 Å². The minimum absolute atomic E-state index is 0.223. The standard InChI is InChI=1S/C16H22FN5/c1-18-16(20-10-13-5-3-7-15(17)9-13)19-8-4-6-14-11-21-22(2)12-14/h3,5,7,9,11-12H,4,6,8,10H2,1-2H3,(H2,18,19,20). The highest BCUT2D eigenvalue weighted by Gasteiger charge is 2.00.